The standard InChI is InChI=1S/C27H36F2/c1-3-5-21-10-12-22(13-11-21)14-15-24-18-26(28)25(27(29)19-24)17-16-23-8-6-20(4-2)7-9-23/h4,18-23H,2-3,5-15H2,1H3. The fraction of sp³-hybridized carbons (Fsp3) is 0.630. The molecular formula is C27H36F2. The molecule has 0 saturated heterocycles. The predicted octanol–water partition coefficient (Wildman–Crippen LogP) is 7.85. The summed E-state index contributed by atoms with van der Waals surface area (Å²) >= 11 is 0. The molecule has 158 valence electrons. The van der Waals surface area contributed by atoms with Gasteiger partial charge in [-0.2, -0.15) is 0 Å². The van der Waals surface area contributed by atoms with Crippen molar-refractivity contribution in [2.24, 2.45) is 23.7 Å². The number of aryl methyl sites for hydroxylation is 1. The second-order valence-corrected chi connectivity index (χ2v) is 9.27. The van der Waals surface area contributed by atoms with E-state index in [0.717, 1.165) is 50.0 Å². The topological polar surface area (TPSA) is 0 Å². The first kappa shape index (κ1) is 22.1. The Morgan fingerprint density at radius 3 is 2.07 bits per heavy atom. The van der Waals surface area contributed by atoms with Crippen molar-refractivity contribution >= 4 is 0 Å². The normalized spacial score (nSPS) is 27.1. The Morgan fingerprint density at radius 1 is 0.931 bits per heavy atom. The van der Waals surface area contributed by atoms with Gasteiger partial charge in [-0.25, -0.2) is 8.78 Å². The maximum absolute atomic E-state index is 14.5. The number of allylic oxidation sites excluding steroid dienone is 1. The van der Waals surface area contributed by atoms with Gasteiger partial charge in [-0.1, -0.05) is 63.4 Å². The van der Waals surface area contributed by atoms with E-state index in [0.29, 0.717) is 11.8 Å². The Bertz CT molecular complexity index is 700. The largest absolute Gasteiger partial charge is 0.206 e. The summed E-state index contributed by atoms with van der Waals surface area (Å²) < 4.78 is 29.1. The minimum Gasteiger partial charge on any atom is -0.206 e. The Balaban J connectivity index is 1.53. The molecule has 0 nitrogen and oxygen atoms in total. The highest BCUT2D eigenvalue weighted by atomic mass is 19.1. The highest BCUT2D eigenvalue weighted by Crippen LogP contribution is 2.34. The van der Waals surface area contributed by atoms with Crippen molar-refractivity contribution in [1.82, 2.24) is 0 Å². The van der Waals surface area contributed by atoms with Crippen molar-refractivity contribution in [2.75, 3.05) is 0 Å². The molecule has 0 spiro atoms. The molecule has 0 heterocycles. The van der Waals surface area contributed by atoms with Gasteiger partial charge in [-0.3, -0.25) is 0 Å². The van der Waals surface area contributed by atoms with Crippen LogP contribution in [0.15, 0.2) is 24.8 Å². The monoisotopic (exact) mass is 398 g/mol. The van der Waals surface area contributed by atoms with Crippen molar-refractivity contribution in [1.29, 1.82) is 0 Å². The summed E-state index contributed by atoms with van der Waals surface area (Å²) in [5.41, 5.74) is 0.715. The number of benzene rings is 1. The van der Waals surface area contributed by atoms with Gasteiger partial charge in [0.05, 0.1) is 5.56 Å². The van der Waals surface area contributed by atoms with E-state index in [9.17, 15) is 8.78 Å². The molecule has 0 bridgehead atoms. The van der Waals surface area contributed by atoms with Crippen molar-refractivity contribution < 1.29 is 8.78 Å². The van der Waals surface area contributed by atoms with E-state index in [1.165, 1.54) is 50.7 Å². The van der Waals surface area contributed by atoms with Gasteiger partial charge < -0.3 is 0 Å². The maximum Gasteiger partial charge on any atom is 0.142 e. The minimum atomic E-state index is -0.501. The van der Waals surface area contributed by atoms with E-state index in [1.54, 1.807) is 0 Å². The molecule has 0 unspecified atom stereocenters. The summed E-state index contributed by atoms with van der Waals surface area (Å²) in [6, 6.07) is 3.01. The summed E-state index contributed by atoms with van der Waals surface area (Å²) in [6.45, 7) is 6.12. The summed E-state index contributed by atoms with van der Waals surface area (Å²) in [5, 5.41) is 0. The zero-order chi connectivity index (χ0) is 20.6. The van der Waals surface area contributed by atoms with Crippen molar-refractivity contribution in [2.45, 2.75) is 84.0 Å². The van der Waals surface area contributed by atoms with E-state index in [1.807, 2.05) is 6.08 Å². The maximum atomic E-state index is 14.5. The van der Waals surface area contributed by atoms with Gasteiger partial charge in [-0.05, 0) is 74.0 Å². The molecule has 3 rings (SSSR count). The molecule has 1 aromatic carbocycles. The van der Waals surface area contributed by atoms with Gasteiger partial charge in [-0.15, -0.1) is 6.58 Å². The molecule has 0 aliphatic heterocycles. The molecular weight excluding hydrogens is 362 g/mol. The molecule has 0 amide bonds. The third-order valence-corrected chi connectivity index (χ3v) is 7.11. The highest BCUT2D eigenvalue weighted by Gasteiger charge is 2.21. The lowest BCUT2D eigenvalue weighted by Crippen LogP contribution is -2.15. The summed E-state index contributed by atoms with van der Waals surface area (Å²) in [7, 11) is 0. The lowest BCUT2D eigenvalue weighted by Gasteiger charge is -2.28. The first-order chi connectivity index (χ1) is 14.1. The average molecular weight is 399 g/mol. The molecule has 0 aromatic heterocycles. The first-order valence-electron chi connectivity index (χ1n) is 11.7. The van der Waals surface area contributed by atoms with E-state index < -0.39 is 11.6 Å². The van der Waals surface area contributed by atoms with Crippen molar-refractivity contribution in [3.8, 4) is 11.8 Å². The van der Waals surface area contributed by atoms with Crippen LogP contribution in [0.4, 0.5) is 8.78 Å². The Hall–Kier alpha value is -1.62. The summed E-state index contributed by atoms with van der Waals surface area (Å²) in [6.07, 6.45) is 15.8. The van der Waals surface area contributed by atoms with Gasteiger partial charge in [0.1, 0.15) is 11.6 Å². The highest BCUT2D eigenvalue weighted by molar-refractivity contribution is 5.39. The summed E-state index contributed by atoms with van der Waals surface area (Å²) in [4.78, 5) is 0. The second kappa shape index (κ2) is 11.0. The van der Waals surface area contributed by atoms with Crippen LogP contribution in [-0.2, 0) is 6.42 Å². The zero-order valence-electron chi connectivity index (χ0n) is 18.0. The minimum absolute atomic E-state index is 0.0559. The zero-order valence-corrected chi connectivity index (χ0v) is 18.0. The number of halogens is 2. The predicted molar refractivity (Wildman–Crippen MR) is 118 cm³/mol. The Morgan fingerprint density at radius 2 is 1.52 bits per heavy atom. The molecule has 0 atom stereocenters. The molecule has 2 saturated carbocycles. The van der Waals surface area contributed by atoms with Gasteiger partial charge in [0.2, 0.25) is 0 Å². The fourth-order valence-corrected chi connectivity index (χ4v) is 5.15. The van der Waals surface area contributed by atoms with Crippen molar-refractivity contribution in [3.63, 3.8) is 0 Å². The molecule has 2 heteroatoms. The molecule has 2 fully saturated rings. The van der Waals surface area contributed by atoms with Crippen LogP contribution in [-0.4, -0.2) is 0 Å². The van der Waals surface area contributed by atoms with Crippen LogP contribution in [0, 0.1) is 47.1 Å². The Kier molecular flexibility index (Phi) is 8.34. The van der Waals surface area contributed by atoms with Crippen LogP contribution < -0.4 is 0 Å². The first-order valence-corrected chi connectivity index (χ1v) is 11.7. The molecule has 0 N–H and O–H groups in total. The molecule has 2 aliphatic rings. The fourth-order valence-electron chi connectivity index (χ4n) is 5.15. The molecule has 29 heavy (non-hydrogen) atoms. The summed E-state index contributed by atoms with van der Waals surface area (Å²) in [5.74, 6) is 7.34. The van der Waals surface area contributed by atoms with Crippen LogP contribution in [0.5, 0.6) is 0 Å². The Labute approximate surface area is 176 Å². The van der Waals surface area contributed by atoms with Crippen LogP contribution in [0.2, 0.25) is 0 Å². The smallest absolute Gasteiger partial charge is 0.142 e. The van der Waals surface area contributed by atoms with Gasteiger partial charge in [0.25, 0.3) is 0 Å². The van der Waals surface area contributed by atoms with Crippen molar-refractivity contribution in [3.05, 3.63) is 47.5 Å². The molecule has 0 radical (unpaired) electrons. The van der Waals surface area contributed by atoms with E-state index in [2.05, 4.69) is 25.3 Å². The van der Waals surface area contributed by atoms with E-state index >= 15 is 0 Å². The van der Waals surface area contributed by atoms with Gasteiger partial charge in [0, 0.05) is 5.92 Å². The third-order valence-electron chi connectivity index (χ3n) is 7.11. The molecule has 1 aromatic rings. The second-order valence-electron chi connectivity index (χ2n) is 9.27. The average Bonchev–Trinajstić information content (AvgIpc) is 2.73. The molecule has 2 aliphatic carbocycles. The number of hydrogen-bond donors (Lipinski definition) is 0. The van der Waals surface area contributed by atoms with Gasteiger partial charge >= 0.3 is 0 Å². The number of rotatable bonds is 6. The van der Waals surface area contributed by atoms with Crippen LogP contribution >= 0.6 is 0 Å². The SMILES string of the molecule is C=CC1CCC(C#Cc2c(F)cc(CCC3CCC(CCC)CC3)cc2F)CC1. The van der Waals surface area contributed by atoms with Gasteiger partial charge in [0.15, 0.2) is 0 Å². The van der Waals surface area contributed by atoms with Crippen LogP contribution in [0.3, 0.4) is 0 Å². The van der Waals surface area contributed by atoms with E-state index in [4.69, 9.17) is 0 Å². The number of hydrogen-bond acceptors (Lipinski definition) is 0. The third kappa shape index (κ3) is 6.43. The van der Waals surface area contributed by atoms with Crippen LogP contribution in [0.1, 0.15) is 88.7 Å². The van der Waals surface area contributed by atoms with E-state index in [-0.39, 0.29) is 11.5 Å². The lowest BCUT2D eigenvalue weighted by atomic mass is 9.78. The quantitative estimate of drug-likeness (QED) is 0.338. The lowest BCUT2D eigenvalue weighted by molar-refractivity contribution is 0.252. The van der Waals surface area contributed by atoms with Crippen LogP contribution in [0.25, 0.3) is 0 Å².